The molecule has 1 aliphatic carbocycles. The molecule has 0 bridgehead atoms. The zero-order valence-corrected chi connectivity index (χ0v) is 20.9. The molecule has 1 aromatic carbocycles. The predicted octanol–water partition coefficient (Wildman–Crippen LogP) is 1.84. The summed E-state index contributed by atoms with van der Waals surface area (Å²) in [5, 5.41) is 10.5. The van der Waals surface area contributed by atoms with Crippen molar-refractivity contribution in [3.63, 3.8) is 0 Å². The van der Waals surface area contributed by atoms with Gasteiger partial charge in [0.05, 0.1) is 24.9 Å². The van der Waals surface area contributed by atoms with E-state index < -0.39 is 6.10 Å². The number of benzene rings is 1. The Bertz CT molecular complexity index is 1220. The lowest BCUT2D eigenvalue weighted by Gasteiger charge is -2.41. The summed E-state index contributed by atoms with van der Waals surface area (Å²) in [5.74, 6) is 0.852. The van der Waals surface area contributed by atoms with Crippen molar-refractivity contribution >= 4 is 17.8 Å². The Balaban J connectivity index is 1.29. The molecule has 1 aliphatic heterocycles. The van der Waals surface area contributed by atoms with E-state index in [-0.39, 0.29) is 30.0 Å². The number of aliphatic hydroxyl groups is 1. The average molecular weight is 506 g/mol. The number of nitrogen functional groups attached to an aromatic ring is 1. The molecule has 1 saturated carbocycles. The van der Waals surface area contributed by atoms with Crippen LogP contribution in [0.2, 0.25) is 0 Å². The molecule has 0 spiro atoms. The number of aromatic nitrogens is 4. The first kappa shape index (κ1) is 24.8. The van der Waals surface area contributed by atoms with Crippen LogP contribution in [0.5, 0.6) is 5.88 Å². The molecule has 194 valence electrons. The molecule has 11 heteroatoms. The van der Waals surface area contributed by atoms with E-state index in [0.717, 1.165) is 0 Å². The Morgan fingerprint density at radius 2 is 1.95 bits per heavy atom. The van der Waals surface area contributed by atoms with Gasteiger partial charge in [0.25, 0.3) is 5.91 Å². The summed E-state index contributed by atoms with van der Waals surface area (Å²) in [5.41, 5.74) is 7.57. The summed E-state index contributed by atoms with van der Waals surface area (Å²) >= 11 is 0. The highest BCUT2D eigenvalue weighted by atomic mass is 16.5. The van der Waals surface area contributed by atoms with Gasteiger partial charge in [0.1, 0.15) is 6.10 Å². The molecule has 2 atom stereocenters. The van der Waals surface area contributed by atoms with Crippen molar-refractivity contribution in [1.29, 1.82) is 0 Å². The maximum Gasteiger partial charge on any atom is 0.256 e. The summed E-state index contributed by atoms with van der Waals surface area (Å²) in [6, 6.07) is 10.8. The summed E-state index contributed by atoms with van der Waals surface area (Å²) in [7, 11) is 1.72. The zero-order valence-electron chi connectivity index (χ0n) is 20.9. The minimum atomic E-state index is -1.18. The average Bonchev–Trinajstić information content (AvgIpc) is 2.90. The lowest BCUT2D eigenvalue weighted by Crippen LogP contribution is -2.51. The van der Waals surface area contributed by atoms with Gasteiger partial charge < -0.3 is 30.1 Å². The minimum Gasteiger partial charge on any atom is -0.474 e. The van der Waals surface area contributed by atoms with Crippen LogP contribution in [0.1, 0.15) is 31.4 Å². The first-order valence-electron chi connectivity index (χ1n) is 12.4. The van der Waals surface area contributed by atoms with Crippen molar-refractivity contribution in [2.24, 2.45) is 0 Å². The highest BCUT2D eigenvalue weighted by Gasteiger charge is 2.38. The number of hydrogen-bond acceptors (Lipinski definition) is 10. The van der Waals surface area contributed by atoms with E-state index >= 15 is 0 Å². The molecule has 1 amide bonds. The number of hydrogen-bond donors (Lipinski definition) is 2. The van der Waals surface area contributed by atoms with Gasteiger partial charge in [-0.3, -0.25) is 4.79 Å². The lowest BCUT2D eigenvalue weighted by molar-refractivity contribution is -0.144. The predicted molar refractivity (Wildman–Crippen MR) is 137 cm³/mol. The fraction of sp³-hybridized carbons (Fsp3) is 0.423. The smallest absolute Gasteiger partial charge is 0.256 e. The number of nitrogens with two attached hydrogens (primary N) is 1. The van der Waals surface area contributed by atoms with Crippen LogP contribution in [0.15, 0.2) is 48.8 Å². The molecule has 1 saturated heterocycles. The van der Waals surface area contributed by atoms with Crippen LogP contribution in [0.4, 0.5) is 11.9 Å². The van der Waals surface area contributed by atoms with Gasteiger partial charge in [-0.05, 0) is 12.5 Å². The second-order valence-corrected chi connectivity index (χ2v) is 9.47. The highest BCUT2D eigenvalue weighted by Crippen LogP contribution is 2.32. The van der Waals surface area contributed by atoms with Crippen molar-refractivity contribution in [3.05, 3.63) is 54.4 Å². The largest absolute Gasteiger partial charge is 0.474 e. The molecule has 3 heterocycles. The number of anilines is 2. The van der Waals surface area contributed by atoms with Gasteiger partial charge in [-0.25, -0.2) is 15.0 Å². The van der Waals surface area contributed by atoms with Gasteiger partial charge in [-0.2, -0.15) is 4.98 Å². The summed E-state index contributed by atoms with van der Waals surface area (Å²) in [6.07, 6.45) is 3.22. The molecule has 0 unspecified atom stereocenters. The molecule has 2 aromatic heterocycles. The van der Waals surface area contributed by atoms with Crippen LogP contribution in [0.3, 0.4) is 0 Å². The second-order valence-electron chi connectivity index (χ2n) is 9.47. The molecule has 5 rings (SSSR count). The van der Waals surface area contributed by atoms with Crippen molar-refractivity contribution in [3.8, 4) is 17.1 Å². The number of amides is 1. The Kier molecular flexibility index (Phi) is 7.15. The molecular weight excluding hydrogens is 474 g/mol. The van der Waals surface area contributed by atoms with Crippen LogP contribution in [-0.2, 0) is 9.53 Å². The quantitative estimate of drug-likeness (QED) is 0.489. The summed E-state index contributed by atoms with van der Waals surface area (Å²) < 4.78 is 11.8. The number of carbonyl (C=O) groups is 1. The Morgan fingerprint density at radius 3 is 2.65 bits per heavy atom. The molecule has 3 N–H and O–H groups in total. The summed E-state index contributed by atoms with van der Waals surface area (Å²) in [6.45, 7) is 3.92. The standard InChI is InChI=1S/C26H31N7O4/c1-16-15-36-9-8-33(16)26-30-21(18-13-28-25(27)29-14-18)12-22(31-26)37-20-10-19(11-20)32(2)24(35)23(34)17-6-4-3-5-7-17/h3-7,12-14,16,19-20,23,34H,8-11,15H2,1-2H3,(H2,27,28,29)/t16-,19?,20?,23-/m0/s1. The van der Waals surface area contributed by atoms with Gasteiger partial charge in [0.15, 0.2) is 6.10 Å². The van der Waals surface area contributed by atoms with Crippen molar-refractivity contribution < 1.29 is 19.4 Å². The van der Waals surface area contributed by atoms with Crippen LogP contribution < -0.4 is 15.4 Å². The maximum absolute atomic E-state index is 12.8. The molecular formula is C26H31N7O4. The minimum absolute atomic E-state index is 0.0265. The van der Waals surface area contributed by atoms with Gasteiger partial charge >= 0.3 is 0 Å². The number of rotatable bonds is 7. The summed E-state index contributed by atoms with van der Waals surface area (Å²) in [4.78, 5) is 34.1. The van der Waals surface area contributed by atoms with Crippen LogP contribution >= 0.6 is 0 Å². The first-order valence-corrected chi connectivity index (χ1v) is 12.4. The molecule has 2 aliphatic rings. The maximum atomic E-state index is 12.8. The van der Waals surface area contributed by atoms with Crippen LogP contribution in [0.25, 0.3) is 11.3 Å². The van der Waals surface area contributed by atoms with E-state index in [2.05, 4.69) is 21.8 Å². The topological polar surface area (TPSA) is 140 Å². The first-order chi connectivity index (χ1) is 17.9. The van der Waals surface area contributed by atoms with Crippen molar-refractivity contribution in [2.75, 3.05) is 37.4 Å². The zero-order chi connectivity index (χ0) is 25.9. The lowest BCUT2D eigenvalue weighted by atomic mass is 9.87. The number of nitrogens with zero attached hydrogens (tertiary/aromatic N) is 6. The molecule has 3 aromatic rings. The molecule has 37 heavy (non-hydrogen) atoms. The number of carbonyl (C=O) groups excluding carboxylic acids is 1. The van der Waals surface area contributed by atoms with E-state index in [1.165, 1.54) is 0 Å². The van der Waals surface area contributed by atoms with E-state index in [9.17, 15) is 9.90 Å². The molecule has 0 radical (unpaired) electrons. The van der Waals surface area contributed by atoms with Crippen LogP contribution in [-0.4, -0.2) is 80.8 Å². The fourth-order valence-electron chi connectivity index (χ4n) is 4.52. The molecule has 11 nitrogen and oxygen atoms in total. The van der Waals surface area contributed by atoms with Gasteiger partial charge in [-0.1, -0.05) is 30.3 Å². The number of likely N-dealkylation sites (N-methyl/N-ethyl adjacent to an activating group) is 1. The SMILES string of the molecule is C[C@H]1COCCN1c1nc(OC2CC(N(C)C(=O)[C@@H](O)c3ccccc3)C2)cc(-c2cnc(N)nc2)n1. The molecule has 2 fully saturated rings. The highest BCUT2D eigenvalue weighted by molar-refractivity contribution is 5.82. The Hall–Kier alpha value is -3.83. The number of aliphatic hydroxyl groups excluding tert-OH is 1. The second kappa shape index (κ2) is 10.7. The normalized spacial score (nSPS) is 22.1. The Morgan fingerprint density at radius 1 is 1.22 bits per heavy atom. The third-order valence-corrected chi connectivity index (χ3v) is 6.88. The van der Waals surface area contributed by atoms with E-state index in [1.807, 2.05) is 6.07 Å². The van der Waals surface area contributed by atoms with Crippen molar-refractivity contribution in [1.82, 2.24) is 24.8 Å². The third kappa shape index (κ3) is 5.47. The van der Waals surface area contributed by atoms with E-state index in [1.54, 1.807) is 54.7 Å². The number of ether oxygens (including phenoxy) is 2. The van der Waals surface area contributed by atoms with E-state index in [0.29, 0.717) is 61.2 Å². The van der Waals surface area contributed by atoms with Crippen molar-refractivity contribution in [2.45, 2.75) is 44.1 Å². The van der Waals surface area contributed by atoms with E-state index in [4.69, 9.17) is 25.2 Å². The van der Waals surface area contributed by atoms with Gasteiger partial charge in [0.2, 0.25) is 17.8 Å². The van der Waals surface area contributed by atoms with Gasteiger partial charge in [0, 0.05) is 56.5 Å². The monoisotopic (exact) mass is 505 g/mol. The van der Waals surface area contributed by atoms with Crippen LogP contribution in [0, 0.1) is 0 Å². The number of morpholine rings is 1. The Labute approximate surface area is 215 Å². The van der Waals surface area contributed by atoms with Gasteiger partial charge in [-0.15, -0.1) is 0 Å². The third-order valence-electron chi connectivity index (χ3n) is 6.88. The fourth-order valence-corrected chi connectivity index (χ4v) is 4.52.